The van der Waals surface area contributed by atoms with Crippen LogP contribution in [-0.4, -0.2) is 30.8 Å². The lowest BCUT2D eigenvalue weighted by Gasteiger charge is -2.17. The predicted octanol–water partition coefficient (Wildman–Crippen LogP) is 1.99. The molecule has 0 saturated carbocycles. The van der Waals surface area contributed by atoms with E-state index in [9.17, 15) is 0 Å². The highest BCUT2D eigenvalue weighted by molar-refractivity contribution is 6.17. The van der Waals surface area contributed by atoms with Gasteiger partial charge in [-0.05, 0) is 27.3 Å². The van der Waals surface area contributed by atoms with Gasteiger partial charge in [-0.15, -0.1) is 24.0 Å². The van der Waals surface area contributed by atoms with Crippen LogP contribution in [0.4, 0.5) is 0 Å². The van der Waals surface area contributed by atoms with E-state index in [-0.39, 0.29) is 18.3 Å². The number of nitrogens with zero attached hydrogens (tertiary/aromatic N) is 1. The molecule has 0 bridgehead atoms. The summed E-state index contributed by atoms with van der Waals surface area (Å²) in [7, 11) is 0. The zero-order valence-corrected chi connectivity index (χ0v) is 6.80. The maximum absolute atomic E-state index is 7.11. The molecule has 9 heavy (non-hydrogen) atoms. The van der Waals surface area contributed by atoms with Gasteiger partial charge in [-0.25, -0.2) is 0 Å². The Morgan fingerprint density at radius 3 is 2.56 bits per heavy atom. The molecule has 0 aromatic rings. The van der Waals surface area contributed by atoms with Crippen LogP contribution < -0.4 is 0 Å². The van der Waals surface area contributed by atoms with Gasteiger partial charge in [0.25, 0.3) is 0 Å². The second kappa shape index (κ2) is 6.66. The van der Waals surface area contributed by atoms with Crippen molar-refractivity contribution in [3.8, 4) is 0 Å². The van der Waals surface area contributed by atoms with Gasteiger partial charge >= 0.3 is 0 Å². The van der Waals surface area contributed by atoms with E-state index in [0.717, 1.165) is 0 Å². The second-order valence-corrected chi connectivity index (χ2v) is 2.07. The number of hydrogen-bond donors (Lipinski definition) is 0. The van der Waals surface area contributed by atoms with Gasteiger partial charge in [-0.1, -0.05) is 0 Å². The number of alkyl halides is 1. The lowest BCUT2D eigenvalue weighted by Crippen LogP contribution is -2.24. The third-order valence-corrected chi connectivity index (χ3v) is 1.19. The largest absolute Gasteiger partial charge is 0.307 e. The van der Waals surface area contributed by atoms with E-state index in [1.165, 1.54) is 0 Å². The van der Waals surface area contributed by atoms with E-state index >= 15 is 0 Å². The first kappa shape index (κ1) is 3.80. The van der Waals surface area contributed by atoms with Gasteiger partial charge in [-0.2, -0.15) is 0 Å². The third-order valence-electron chi connectivity index (χ3n) is 0.968. The smallest absolute Gasteiger partial charge is 0.0394 e. The van der Waals surface area contributed by atoms with Crippen LogP contribution in [0.15, 0.2) is 0 Å². The number of hydrogen-bond acceptors (Lipinski definition) is 1. The average molecular weight is 178 g/mol. The lowest BCUT2D eigenvalue weighted by atomic mass is 10.2. The van der Waals surface area contributed by atoms with Gasteiger partial charge < -0.3 is 4.90 Å². The van der Waals surface area contributed by atoms with E-state index in [2.05, 4.69) is 0 Å². The molecule has 0 aliphatic rings. The molecule has 0 saturated heterocycles. The summed E-state index contributed by atoms with van der Waals surface area (Å²) in [6.45, 7) is -3.69. The Morgan fingerprint density at radius 2 is 2.22 bits per heavy atom. The number of rotatable bonds is 3. The van der Waals surface area contributed by atoms with Gasteiger partial charge in [0, 0.05) is 20.1 Å². The minimum Gasteiger partial charge on any atom is -0.307 e. The SMILES string of the molecule is Cl.[2H]C([2H])([2H])N(C(C)CCCl)C([2H])([2H])[2H]. The Bertz CT molecular complexity index is 165. The molecule has 0 rings (SSSR count). The Hall–Kier alpha value is 0.540. The topological polar surface area (TPSA) is 3.24 Å². The second-order valence-electron chi connectivity index (χ2n) is 1.70. The molecule has 58 valence electrons. The third kappa shape index (κ3) is 6.42. The van der Waals surface area contributed by atoms with Crippen LogP contribution in [0.5, 0.6) is 0 Å². The summed E-state index contributed by atoms with van der Waals surface area (Å²) in [6, 6.07) is -0.590. The Balaban J connectivity index is 0. The molecular formula is C6H15Cl2N. The minimum atomic E-state index is -2.61. The summed E-state index contributed by atoms with van der Waals surface area (Å²) in [4.78, 5) is 0.544. The average Bonchev–Trinajstić information content (AvgIpc) is 1.78. The fraction of sp³-hybridized carbons (Fsp3) is 1.00. The molecule has 0 aromatic carbocycles. The Morgan fingerprint density at radius 1 is 1.67 bits per heavy atom. The molecule has 0 amide bonds. The summed E-state index contributed by atoms with van der Waals surface area (Å²) in [5.74, 6) is 0.240. The van der Waals surface area contributed by atoms with E-state index in [0.29, 0.717) is 11.3 Å². The fourth-order valence-electron chi connectivity index (χ4n) is 0.287. The van der Waals surface area contributed by atoms with Crippen molar-refractivity contribution in [2.45, 2.75) is 19.4 Å². The van der Waals surface area contributed by atoms with Crippen LogP contribution in [-0.2, 0) is 0 Å². The molecule has 1 atom stereocenters. The Labute approximate surface area is 77.2 Å². The Kier molecular flexibility index (Phi) is 2.81. The van der Waals surface area contributed by atoms with Crippen molar-refractivity contribution < 1.29 is 8.22 Å². The highest BCUT2D eigenvalue weighted by atomic mass is 35.5. The molecule has 0 radical (unpaired) electrons. The number of halogens is 2. The molecule has 0 heterocycles. The molecule has 1 nitrogen and oxygen atoms in total. The van der Waals surface area contributed by atoms with Crippen molar-refractivity contribution in [3.05, 3.63) is 0 Å². The summed E-state index contributed by atoms with van der Waals surface area (Å²) in [5.41, 5.74) is 0. The minimum absolute atomic E-state index is 0. The molecule has 0 aromatic heterocycles. The van der Waals surface area contributed by atoms with Crippen molar-refractivity contribution in [1.82, 2.24) is 4.90 Å². The fourth-order valence-corrected chi connectivity index (χ4v) is 0.603. The van der Waals surface area contributed by atoms with Crippen molar-refractivity contribution >= 4 is 24.0 Å². The van der Waals surface area contributed by atoms with E-state index in [1.807, 2.05) is 0 Å². The van der Waals surface area contributed by atoms with E-state index in [1.54, 1.807) is 6.92 Å². The lowest BCUT2D eigenvalue weighted by molar-refractivity contribution is 0.308. The maximum Gasteiger partial charge on any atom is 0.0394 e. The van der Waals surface area contributed by atoms with E-state index < -0.39 is 20.0 Å². The first-order valence-electron chi connectivity index (χ1n) is 5.46. The van der Waals surface area contributed by atoms with Crippen LogP contribution in [0.25, 0.3) is 0 Å². The highest BCUT2D eigenvalue weighted by Gasteiger charge is 2.00. The summed E-state index contributed by atoms with van der Waals surface area (Å²) < 4.78 is 42.7. The zero-order chi connectivity index (χ0) is 11.6. The first-order chi connectivity index (χ1) is 6.10. The van der Waals surface area contributed by atoms with Gasteiger partial charge in [0.15, 0.2) is 0 Å². The van der Waals surface area contributed by atoms with Crippen LogP contribution in [0.1, 0.15) is 21.6 Å². The van der Waals surface area contributed by atoms with E-state index in [4.69, 9.17) is 19.8 Å². The van der Waals surface area contributed by atoms with Crippen LogP contribution in [0.3, 0.4) is 0 Å². The van der Waals surface area contributed by atoms with Crippen molar-refractivity contribution in [1.29, 1.82) is 0 Å². The standard InChI is InChI=1S/C6H14ClN.ClH/c1-6(4-5-7)8(2)3;/h6H,4-5H2,1-3H3;1H/i2D3,3D3;. The van der Waals surface area contributed by atoms with Crippen molar-refractivity contribution in [2.24, 2.45) is 0 Å². The normalized spacial score (nSPS) is 25.7. The van der Waals surface area contributed by atoms with Gasteiger partial charge in [0.1, 0.15) is 0 Å². The molecule has 0 fully saturated rings. The summed E-state index contributed by atoms with van der Waals surface area (Å²) in [6.07, 6.45) is 0.332. The molecule has 0 aliphatic carbocycles. The zero-order valence-electron chi connectivity index (χ0n) is 11.2. The highest BCUT2D eigenvalue weighted by Crippen LogP contribution is 1.98. The molecule has 0 aliphatic heterocycles. The van der Waals surface area contributed by atoms with Crippen LogP contribution >= 0.6 is 24.0 Å². The van der Waals surface area contributed by atoms with Crippen LogP contribution in [0, 0.1) is 0 Å². The quantitative estimate of drug-likeness (QED) is 0.597. The predicted molar refractivity (Wildman–Crippen MR) is 45.7 cm³/mol. The first-order valence-corrected chi connectivity index (χ1v) is 2.99. The van der Waals surface area contributed by atoms with Crippen LogP contribution in [0.2, 0.25) is 0 Å². The van der Waals surface area contributed by atoms with Crippen molar-refractivity contribution in [3.63, 3.8) is 0 Å². The van der Waals surface area contributed by atoms with Gasteiger partial charge in [-0.3, -0.25) is 0 Å². The summed E-state index contributed by atoms with van der Waals surface area (Å²) in [5, 5.41) is 0. The monoisotopic (exact) mass is 177 g/mol. The molecule has 0 N–H and O–H groups in total. The molecule has 1 unspecified atom stereocenters. The molecule has 3 heteroatoms. The summed E-state index contributed by atoms with van der Waals surface area (Å²) >= 11 is 5.45. The van der Waals surface area contributed by atoms with Gasteiger partial charge in [0.05, 0.1) is 0 Å². The maximum atomic E-state index is 7.11. The molecule has 0 spiro atoms. The van der Waals surface area contributed by atoms with Gasteiger partial charge in [0.2, 0.25) is 0 Å². The molecular weight excluding hydrogens is 157 g/mol. The van der Waals surface area contributed by atoms with Crippen molar-refractivity contribution in [2.75, 3.05) is 19.8 Å².